The Labute approximate surface area is 72.9 Å². The van der Waals surface area contributed by atoms with Gasteiger partial charge in [0.25, 0.3) is 0 Å². The highest BCUT2D eigenvalue weighted by molar-refractivity contribution is 9.09. The molecule has 66 valence electrons. The molecular weight excluding hydrogens is 216 g/mol. The van der Waals surface area contributed by atoms with E-state index in [1.807, 2.05) is 0 Å². The summed E-state index contributed by atoms with van der Waals surface area (Å²) in [5.74, 6) is 0. The van der Waals surface area contributed by atoms with E-state index in [1.54, 1.807) is 0 Å². The van der Waals surface area contributed by atoms with Crippen molar-refractivity contribution in [2.45, 2.75) is 31.0 Å². The number of rotatable bonds is 1. The van der Waals surface area contributed by atoms with Gasteiger partial charge < -0.3 is 20.1 Å². The molecule has 0 aromatic rings. The van der Waals surface area contributed by atoms with Gasteiger partial charge in [-0.2, -0.15) is 0 Å². The Morgan fingerprint density at radius 3 is 2.55 bits per heavy atom. The average molecular weight is 227 g/mol. The fourth-order valence-electron chi connectivity index (χ4n) is 1.06. The van der Waals surface area contributed by atoms with Gasteiger partial charge in [0.15, 0.2) is 6.29 Å². The summed E-state index contributed by atoms with van der Waals surface area (Å²) < 4.78 is 4.92. The van der Waals surface area contributed by atoms with Crippen molar-refractivity contribution in [2.75, 3.05) is 5.33 Å². The molecule has 1 rings (SSSR count). The molecule has 11 heavy (non-hydrogen) atoms. The van der Waals surface area contributed by atoms with Gasteiger partial charge in [-0.1, -0.05) is 15.9 Å². The molecule has 0 saturated carbocycles. The topological polar surface area (TPSA) is 69.9 Å². The van der Waals surface area contributed by atoms with Gasteiger partial charge in [0.1, 0.15) is 6.10 Å². The zero-order chi connectivity index (χ0) is 8.43. The standard InChI is InChI=1S/C6H11BrO4/c7-2-4-6(10)3(8)1-5(9)11-4/h3-6,8-10H,1-2H2/t3-,4-,5+,6+/m1/s1. The summed E-state index contributed by atoms with van der Waals surface area (Å²) in [7, 11) is 0. The molecule has 1 heterocycles. The van der Waals surface area contributed by atoms with Gasteiger partial charge in [0, 0.05) is 11.8 Å². The molecule has 0 bridgehead atoms. The smallest absolute Gasteiger partial charge is 0.157 e. The number of hydrogen-bond donors (Lipinski definition) is 3. The molecule has 1 aliphatic heterocycles. The third-order valence-corrected chi connectivity index (χ3v) is 2.34. The van der Waals surface area contributed by atoms with Crippen molar-refractivity contribution in [2.24, 2.45) is 0 Å². The van der Waals surface area contributed by atoms with Gasteiger partial charge in [-0.05, 0) is 0 Å². The van der Waals surface area contributed by atoms with Crippen molar-refractivity contribution >= 4 is 15.9 Å². The molecule has 5 heteroatoms. The van der Waals surface area contributed by atoms with Crippen LogP contribution in [0.3, 0.4) is 0 Å². The maximum Gasteiger partial charge on any atom is 0.157 e. The minimum atomic E-state index is -0.962. The van der Waals surface area contributed by atoms with Crippen molar-refractivity contribution in [3.8, 4) is 0 Å². The Bertz CT molecular complexity index is 132. The quantitative estimate of drug-likeness (QED) is 0.513. The second-order valence-corrected chi connectivity index (χ2v) is 3.22. The SMILES string of the molecule is O[C@H]1[C@H](O)C[C@@H](O)O[C@@H]1CBr. The molecule has 0 unspecified atom stereocenters. The molecular formula is C6H11BrO4. The lowest BCUT2D eigenvalue weighted by Crippen LogP contribution is -2.48. The molecule has 0 aromatic carbocycles. The molecule has 0 aromatic heterocycles. The summed E-state index contributed by atoms with van der Waals surface area (Å²) in [6.45, 7) is 0. The molecule has 4 atom stereocenters. The number of ether oxygens (including phenoxy) is 1. The monoisotopic (exact) mass is 226 g/mol. The lowest BCUT2D eigenvalue weighted by atomic mass is 10.0. The van der Waals surface area contributed by atoms with Gasteiger partial charge in [-0.25, -0.2) is 0 Å². The number of aliphatic hydroxyl groups is 3. The Balaban J connectivity index is 2.51. The maximum absolute atomic E-state index is 9.24. The Morgan fingerprint density at radius 1 is 1.36 bits per heavy atom. The summed E-state index contributed by atoms with van der Waals surface area (Å²) >= 11 is 3.10. The molecule has 0 spiro atoms. The Kier molecular flexibility index (Phi) is 3.27. The van der Waals surface area contributed by atoms with E-state index < -0.39 is 24.6 Å². The second kappa shape index (κ2) is 3.82. The molecule has 4 nitrogen and oxygen atoms in total. The van der Waals surface area contributed by atoms with Crippen LogP contribution < -0.4 is 0 Å². The van der Waals surface area contributed by atoms with Gasteiger partial charge >= 0.3 is 0 Å². The predicted octanol–water partition coefficient (Wildman–Crippen LogP) is -0.790. The van der Waals surface area contributed by atoms with Gasteiger partial charge in [0.05, 0.1) is 12.2 Å². The number of alkyl halides is 1. The van der Waals surface area contributed by atoms with Crippen LogP contribution in [0.1, 0.15) is 6.42 Å². The van der Waals surface area contributed by atoms with Crippen molar-refractivity contribution in [1.29, 1.82) is 0 Å². The summed E-state index contributed by atoms with van der Waals surface area (Å²) in [6, 6.07) is 0. The fraction of sp³-hybridized carbons (Fsp3) is 1.00. The van der Waals surface area contributed by atoms with Gasteiger partial charge in [-0.15, -0.1) is 0 Å². The van der Waals surface area contributed by atoms with Crippen LogP contribution in [0.15, 0.2) is 0 Å². The van der Waals surface area contributed by atoms with Crippen LogP contribution in [-0.4, -0.2) is 45.3 Å². The van der Waals surface area contributed by atoms with Crippen molar-refractivity contribution in [3.05, 3.63) is 0 Å². The third-order valence-electron chi connectivity index (χ3n) is 1.70. The minimum absolute atomic E-state index is 0.0741. The van der Waals surface area contributed by atoms with Crippen LogP contribution in [-0.2, 0) is 4.74 Å². The zero-order valence-electron chi connectivity index (χ0n) is 5.85. The summed E-state index contributed by atoms with van der Waals surface area (Å²) in [4.78, 5) is 0. The van der Waals surface area contributed by atoms with Crippen LogP contribution in [0, 0.1) is 0 Å². The van der Waals surface area contributed by atoms with Gasteiger partial charge in [-0.3, -0.25) is 0 Å². The van der Waals surface area contributed by atoms with Crippen LogP contribution in [0.5, 0.6) is 0 Å². The Morgan fingerprint density at radius 2 is 2.00 bits per heavy atom. The highest BCUT2D eigenvalue weighted by atomic mass is 79.9. The van der Waals surface area contributed by atoms with E-state index in [4.69, 9.17) is 14.9 Å². The van der Waals surface area contributed by atoms with E-state index >= 15 is 0 Å². The summed E-state index contributed by atoms with van der Waals surface area (Å²) in [5, 5.41) is 27.8. The van der Waals surface area contributed by atoms with Crippen LogP contribution >= 0.6 is 15.9 Å². The second-order valence-electron chi connectivity index (χ2n) is 2.58. The first-order valence-corrected chi connectivity index (χ1v) is 4.53. The molecule has 1 fully saturated rings. The van der Waals surface area contributed by atoms with Crippen LogP contribution in [0.25, 0.3) is 0 Å². The van der Waals surface area contributed by atoms with E-state index in [0.29, 0.717) is 5.33 Å². The highest BCUT2D eigenvalue weighted by Crippen LogP contribution is 2.19. The fourth-order valence-corrected chi connectivity index (χ4v) is 1.59. The Hall–Kier alpha value is 0.320. The zero-order valence-corrected chi connectivity index (χ0v) is 7.44. The summed E-state index contributed by atoms with van der Waals surface area (Å²) in [6.07, 6.45) is -3.20. The third kappa shape index (κ3) is 2.13. The maximum atomic E-state index is 9.24. The van der Waals surface area contributed by atoms with E-state index in [2.05, 4.69) is 15.9 Å². The summed E-state index contributed by atoms with van der Waals surface area (Å²) in [5.41, 5.74) is 0. The van der Waals surface area contributed by atoms with Crippen molar-refractivity contribution in [3.63, 3.8) is 0 Å². The highest BCUT2D eigenvalue weighted by Gasteiger charge is 2.34. The van der Waals surface area contributed by atoms with E-state index in [-0.39, 0.29) is 6.42 Å². The molecule has 1 saturated heterocycles. The molecule has 1 aliphatic rings. The van der Waals surface area contributed by atoms with E-state index in [0.717, 1.165) is 0 Å². The van der Waals surface area contributed by atoms with Crippen molar-refractivity contribution < 1.29 is 20.1 Å². The normalized spacial score (nSPS) is 45.8. The number of aliphatic hydroxyl groups excluding tert-OH is 3. The predicted molar refractivity (Wildman–Crippen MR) is 41.3 cm³/mol. The van der Waals surface area contributed by atoms with Crippen molar-refractivity contribution in [1.82, 2.24) is 0 Å². The van der Waals surface area contributed by atoms with E-state index in [9.17, 15) is 5.11 Å². The molecule has 0 amide bonds. The molecule has 0 aliphatic carbocycles. The first kappa shape index (κ1) is 9.41. The van der Waals surface area contributed by atoms with E-state index in [1.165, 1.54) is 0 Å². The van der Waals surface area contributed by atoms with Gasteiger partial charge in [0.2, 0.25) is 0 Å². The number of halogens is 1. The largest absolute Gasteiger partial charge is 0.390 e. The number of hydrogen-bond acceptors (Lipinski definition) is 4. The first-order chi connectivity index (χ1) is 5.15. The molecule has 0 radical (unpaired) electrons. The minimum Gasteiger partial charge on any atom is -0.390 e. The van der Waals surface area contributed by atoms with Crippen LogP contribution in [0.2, 0.25) is 0 Å². The van der Waals surface area contributed by atoms with Crippen LogP contribution in [0.4, 0.5) is 0 Å². The lowest BCUT2D eigenvalue weighted by molar-refractivity contribution is -0.224. The lowest BCUT2D eigenvalue weighted by Gasteiger charge is -2.33. The average Bonchev–Trinajstić information content (AvgIpc) is 1.96. The first-order valence-electron chi connectivity index (χ1n) is 3.40. The molecule has 3 N–H and O–H groups in total.